The van der Waals surface area contributed by atoms with Crippen LogP contribution in [0.25, 0.3) is 0 Å². The number of rotatable bonds is 4. The van der Waals surface area contributed by atoms with E-state index in [0.717, 1.165) is 24.2 Å². The van der Waals surface area contributed by atoms with Gasteiger partial charge in [-0.2, -0.15) is 0 Å². The predicted molar refractivity (Wildman–Crippen MR) is 102 cm³/mol. The van der Waals surface area contributed by atoms with Crippen molar-refractivity contribution in [1.82, 2.24) is 9.80 Å². The van der Waals surface area contributed by atoms with E-state index >= 15 is 0 Å². The minimum absolute atomic E-state index is 0.00460. The summed E-state index contributed by atoms with van der Waals surface area (Å²) in [6, 6.07) is 9.15. The van der Waals surface area contributed by atoms with Gasteiger partial charge in [-0.25, -0.2) is 0 Å². The normalized spacial score (nSPS) is 22.7. The van der Waals surface area contributed by atoms with Gasteiger partial charge >= 0.3 is 0 Å². The van der Waals surface area contributed by atoms with Crippen LogP contribution in [0, 0.1) is 5.92 Å². The number of amides is 2. The Morgan fingerprint density at radius 1 is 1.22 bits per heavy atom. The summed E-state index contributed by atoms with van der Waals surface area (Å²) in [5.41, 5.74) is 0.993. The van der Waals surface area contributed by atoms with Crippen molar-refractivity contribution in [2.24, 2.45) is 5.92 Å². The minimum Gasteiger partial charge on any atom is -0.467 e. The SMILES string of the molecule is O=C1CC(C(=O)N2CCCC2c2ccc(Cl)c(Cl)c2)CN1Cc1ccco1. The lowest BCUT2D eigenvalue weighted by molar-refractivity contribution is -0.136. The number of hydrogen-bond donors (Lipinski definition) is 0. The molecule has 2 aliphatic heterocycles. The molecule has 1 aromatic carbocycles. The topological polar surface area (TPSA) is 53.8 Å². The molecule has 2 aromatic rings. The Labute approximate surface area is 167 Å². The average Bonchev–Trinajstić information content (AvgIpc) is 3.39. The third-order valence-electron chi connectivity index (χ3n) is 5.35. The molecule has 2 aliphatic rings. The Morgan fingerprint density at radius 2 is 2.07 bits per heavy atom. The van der Waals surface area contributed by atoms with E-state index in [4.69, 9.17) is 27.6 Å². The van der Waals surface area contributed by atoms with Crippen molar-refractivity contribution in [3.63, 3.8) is 0 Å². The van der Waals surface area contributed by atoms with Crippen LogP contribution in [-0.4, -0.2) is 34.7 Å². The summed E-state index contributed by atoms with van der Waals surface area (Å²) in [4.78, 5) is 29.1. The summed E-state index contributed by atoms with van der Waals surface area (Å²) in [5, 5.41) is 1.00. The lowest BCUT2D eigenvalue weighted by atomic mass is 10.0. The van der Waals surface area contributed by atoms with Crippen molar-refractivity contribution < 1.29 is 14.0 Å². The van der Waals surface area contributed by atoms with E-state index in [9.17, 15) is 9.59 Å². The second-order valence-electron chi connectivity index (χ2n) is 7.12. The molecule has 27 heavy (non-hydrogen) atoms. The standard InChI is InChI=1S/C20H20Cl2N2O3/c21-16-6-5-13(9-17(16)22)18-4-1-7-24(18)20(26)14-10-19(25)23(11-14)12-15-3-2-8-27-15/h2-3,5-6,8-9,14,18H,1,4,7,10-12H2. The van der Waals surface area contributed by atoms with E-state index in [0.29, 0.717) is 29.7 Å². The zero-order valence-electron chi connectivity index (χ0n) is 14.7. The van der Waals surface area contributed by atoms with Gasteiger partial charge in [0.2, 0.25) is 11.8 Å². The monoisotopic (exact) mass is 406 g/mol. The first-order valence-electron chi connectivity index (χ1n) is 9.08. The molecular weight excluding hydrogens is 387 g/mol. The Balaban J connectivity index is 1.46. The highest BCUT2D eigenvalue weighted by atomic mass is 35.5. The molecule has 2 atom stereocenters. The molecule has 0 saturated carbocycles. The number of halogens is 2. The van der Waals surface area contributed by atoms with Crippen LogP contribution < -0.4 is 0 Å². The van der Waals surface area contributed by atoms with Crippen LogP contribution in [0.3, 0.4) is 0 Å². The molecule has 2 fully saturated rings. The Hall–Kier alpha value is -1.98. The number of furan rings is 1. The molecule has 5 nitrogen and oxygen atoms in total. The van der Waals surface area contributed by atoms with Crippen LogP contribution >= 0.6 is 23.2 Å². The number of nitrogens with zero attached hydrogens (tertiary/aromatic N) is 2. The van der Waals surface area contributed by atoms with Gasteiger partial charge in [-0.1, -0.05) is 29.3 Å². The highest BCUT2D eigenvalue weighted by Crippen LogP contribution is 2.37. The number of carbonyl (C=O) groups excluding carboxylic acids is 2. The Kier molecular flexibility index (Phi) is 5.15. The number of likely N-dealkylation sites (tertiary alicyclic amines) is 2. The van der Waals surface area contributed by atoms with Gasteiger partial charge in [0.25, 0.3) is 0 Å². The van der Waals surface area contributed by atoms with Gasteiger partial charge in [0.05, 0.1) is 34.8 Å². The van der Waals surface area contributed by atoms with Crippen molar-refractivity contribution >= 4 is 35.0 Å². The highest BCUT2D eigenvalue weighted by Gasteiger charge is 2.40. The van der Waals surface area contributed by atoms with Crippen LogP contribution in [0.2, 0.25) is 10.0 Å². The fourth-order valence-corrected chi connectivity index (χ4v) is 4.32. The summed E-state index contributed by atoms with van der Waals surface area (Å²) < 4.78 is 5.32. The molecule has 2 unspecified atom stereocenters. The van der Waals surface area contributed by atoms with Crippen LogP contribution in [-0.2, 0) is 16.1 Å². The zero-order valence-corrected chi connectivity index (χ0v) is 16.2. The van der Waals surface area contributed by atoms with Crippen molar-refractivity contribution in [3.05, 3.63) is 58.0 Å². The van der Waals surface area contributed by atoms with Crippen molar-refractivity contribution in [3.8, 4) is 0 Å². The summed E-state index contributed by atoms with van der Waals surface area (Å²) in [7, 11) is 0. The lowest BCUT2D eigenvalue weighted by Gasteiger charge is -2.28. The van der Waals surface area contributed by atoms with Crippen LogP contribution in [0.5, 0.6) is 0 Å². The van der Waals surface area contributed by atoms with Crippen molar-refractivity contribution in [2.45, 2.75) is 31.8 Å². The third kappa shape index (κ3) is 3.71. The molecule has 0 spiro atoms. The van der Waals surface area contributed by atoms with Gasteiger partial charge in [-0.3, -0.25) is 9.59 Å². The molecule has 0 N–H and O–H groups in total. The molecule has 3 heterocycles. The van der Waals surface area contributed by atoms with E-state index in [-0.39, 0.29) is 30.2 Å². The highest BCUT2D eigenvalue weighted by molar-refractivity contribution is 6.42. The van der Waals surface area contributed by atoms with E-state index in [1.165, 1.54) is 0 Å². The number of hydrogen-bond acceptors (Lipinski definition) is 3. The molecule has 4 rings (SSSR count). The quantitative estimate of drug-likeness (QED) is 0.760. The predicted octanol–water partition coefficient (Wildman–Crippen LogP) is 4.30. The fraction of sp³-hybridized carbons (Fsp3) is 0.400. The molecular formula is C20H20Cl2N2O3. The molecule has 7 heteroatoms. The van der Waals surface area contributed by atoms with Gasteiger partial charge in [-0.05, 0) is 42.7 Å². The smallest absolute Gasteiger partial charge is 0.228 e. The van der Waals surface area contributed by atoms with Gasteiger partial charge in [-0.15, -0.1) is 0 Å². The van der Waals surface area contributed by atoms with Crippen LogP contribution in [0.4, 0.5) is 0 Å². The van der Waals surface area contributed by atoms with E-state index in [1.807, 2.05) is 23.1 Å². The maximum atomic E-state index is 13.1. The largest absolute Gasteiger partial charge is 0.467 e. The first kappa shape index (κ1) is 18.4. The lowest BCUT2D eigenvalue weighted by Crippen LogP contribution is -2.37. The zero-order chi connectivity index (χ0) is 19.0. The van der Waals surface area contributed by atoms with Crippen LogP contribution in [0.15, 0.2) is 41.0 Å². The summed E-state index contributed by atoms with van der Waals surface area (Å²) in [5.74, 6) is 0.455. The summed E-state index contributed by atoms with van der Waals surface area (Å²) in [6.45, 7) is 1.54. The van der Waals surface area contributed by atoms with Crippen molar-refractivity contribution in [2.75, 3.05) is 13.1 Å². The maximum Gasteiger partial charge on any atom is 0.228 e. The van der Waals surface area contributed by atoms with E-state index < -0.39 is 0 Å². The molecule has 2 saturated heterocycles. The fourth-order valence-electron chi connectivity index (χ4n) is 4.01. The van der Waals surface area contributed by atoms with Crippen LogP contribution in [0.1, 0.15) is 36.6 Å². The van der Waals surface area contributed by atoms with Gasteiger partial charge in [0.1, 0.15) is 5.76 Å². The molecule has 1 aromatic heterocycles. The molecule has 0 aliphatic carbocycles. The number of benzene rings is 1. The average molecular weight is 407 g/mol. The minimum atomic E-state index is -0.309. The first-order chi connectivity index (χ1) is 13.0. The third-order valence-corrected chi connectivity index (χ3v) is 6.09. The summed E-state index contributed by atoms with van der Waals surface area (Å²) in [6.07, 6.45) is 3.67. The number of carbonyl (C=O) groups is 2. The maximum absolute atomic E-state index is 13.1. The van der Waals surface area contributed by atoms with Gasteiger partial charge in [0.15, 0.2) is 0 Å². The van der Waals surface area contributed by atoms with E-state index in [2.05, 4.69) is 0 Å². The summed E-state index contributed by atoms with van der Waals surface area (Å²) >= 11 is 12.2. The van der Waals surface area contributed by atoms with Gasteiger partial charge < -0.3 is 14.2 Å². The molecule has 142 valence electrons. The Morgan fingerprint density at radius 3 is 2.81 bits per heavy atom. The van der Waals surface area contributed by atoms with Gasteiger partial charge in [0, 0.05) is 19.5 Å². The van der Waals surface area contributed by atoms with E-state index in [1.54, 1.807) is 23.3 Å². The second-order valence-corrected chi connectivity index (χ2v) is 7.93. The van der Waals surface area contributed by atoms with Crippen molar-refractivity contribution in [1.29, 1.82) is 0 Å². The Bertz CT molecular complexity index is 853. The first-order valence-corrected chi connectivity index (χ1v) is 9.84. The second kappa shape index (κ2) is 7.56. The molecule has 2 amide bonds. The molecule has 0 radical (unpaired) electrons. The molecule has 0 bridgehead atoms.